The Hall–Kier alpha value is -0.900. The molecular formula is C10H17N3O. The summed E-state index contributed by atoms with van der Waals surface area (Å²) in [6.45, 7) is 6.17. The highest BCUT2D eigenvalue weighted by molar-refractivity contribution is 5.06. The molecule has 0 bridgehead atoms. The number of aryl methyl sites for hydroxylation is 1. The van der Waals surface area contributed by atoms with Gasteiger partial charge in [-0.15, -0.1) is 0 Å². The maximum Gasteiger partial charge on any atom is 0.232 e. The summed E-state index contributed by atoms with van der Waals surface area (Å²) < 4.78 is 5.31. The molecule has 0 atom stereocenters. The molecule has 1 saturated heterocycles. The monoisotopic (exact) mass is 195 g/mol. The number of aromatic nitrogens is 2. The minimum absolute atomic E-state index is 0.131. The van der Waals surface area contributed by atoms with E-state index in [-0.39, 0.29) is 5.41 Å². The van der Waals surface area contributed by atoms with Crippen molar-refractivity contribution >= 4 is 0 Å². The Kier molecular flexibility index (Phi) is 2.54. The van der Waals surface area contributed by atoms with Crippen molar-refractivity contribution in [1.29, 1.82) is 0 Å². The molecule has 0 radical (unpaired) electrons. The Morgan fingerprint density at radius 3 is 2.64 bits per heavy atom. The second kappa shape index (κ2) is 3.69. The van der Waals surface area contributed by atoms with Crippen molar-refractivity contribution in [2.45, 2.75) is 38.5 Å². The minimum atomic E-state index is 0.131. The van der Waals surface area contributed by atoms with E-state index in [0.717, 1.165) is 44.1 Å². The van der Waals surface area contributed by atoms with Gasteiger partial charge < -0.3 is 9.84 Å². The summed E-state index contributed by atoms with van der Waals surface area (Å²) in [5.74, 6) is 1.57. The van der Waals surface area contributed by atoms with Crippen molar-refractivity contribution < 1.29 is 4.52 Å². The van der Waals surface area contributed by atoms with Crippen LogP contribution in [-0.2, 0) is 5.41 Å². The van der Waals surface area contributed by atoms with Gasteiger partial charge in [0, 0.05) is 0 Å². The maximum atomic E-state index is 5.31. The van der Waals surface area contributed by atoms with E-state index < -0.39 is 0 Å². The van der Waals surface area contributed by atoms with Crippen LogP contribution in [0.2, 0.25) is 0 Å². The zero-order chi connectivity index (χ0) is 10.0. The molecule has 14 heavy (non-hydrogen) atoms. The maximum absolute atomic E-state index is 5.31. The van der Waals surface area contributed by atoms with Gasteiger partial charge in [-0.3, -0.25) is 0 Å². The van der Waals surface area contributed by atoms with Crippen molar-refractivity contribution in [2.24, 2.45) is 0 Å². The van der Waals surface area contributed by atoms with E-state index in [0.29, 0.717) is 0 Å². The third-order valence-corrected chi connectivity index (χ3v) is 3.22. The number of hydrogen-bond acceptors (Lipinski definition) is 4. The molecule has 4 heteroatoms. The zero-order valence-electron chi connectivity index (χ0n) is 8.84. The summed E-state index contributed by atoms with van der Waals surface area (Å²) >= 11 is 0. The summed E-state index contributed by atoms with van der Waals surface area (Å²) in [7, 11) is 0. The van der Waals surface area contributed by atoms with Gasteiger partial charge in [-0.2, -0.15) is 4.98 Å². The molecule has 4 nitrogen and oxygen atoms in total. The fraction of sp³-hybridized carbons (Fsp3) is 0.800. The van der Waals surface area contributed by atoms with Crippen molar-refractivity contribution in [1.82, 2.24) is 15.5 Å². The number of nitrogens with one attached hydrogen (secondary N) is 1. The number of hydrogen-bond donors (Lipinski definition) is 1. The molecule has 1 aliphatic heterocycles. The first-order valence-corrected chi connectivity index (χ1v) is 5.28. The first-order chi connectivity index (χ1) is 6.77. The third-order valence-electron chi connectivity index (χ3n) is 3.22. The molecule has 1 aliphatic rings. The predicted octanol–water partition coefficient (Wildman–Crippen LogP) is 1.41. The van der Waals surface area contributed by atoms with E-state index in [1.165, 1.54) is 0 Å². The lowest BCUT2D eigenvalue weighted by Gasteiger charge is -2.33. The third kappa shape index (κ3) is 1.54. The fourth-order valence-corrected chi connectivity index (χ4v) is 2.14. The van der Waals surface area contributed by atoms with Gasteiger partial charge in [0.15, 0.2) is 5.82 Å². The molecule has 1 aromatic rings. The Morgan fingerprint density at radius 2 is 2.14 bits per heavy atom. The minimum Gasteiger partial charge on any atom is -0.339 e. The normalized spacial score (nSPS) is 21.0. The molecule has 78 valence electrons. The summed E-state index contributed by atoms with van der Waals surface area (Å²) in [5.41, 5.74) is 0.131. The van der Waals surface area contributed by atoms with Gasteiger partial charge in [0.25, 0.3) is 0 Å². The van der Waals surface area contributed by atoms with Crippen LogP contribution in [0.25, 0.3) is 0 Å². The van der Waals surface area contributed by atoms with Crippen LogP contribution in [0.5, 0.6) is 0 Å². The fourth-order valence-electron chi connectivity index (χ4n) is 2.14. The Bertz CT molecular complexity index is 302. The van der Waals surface area contributed by atoms with Crippen molar-refractivity contribution in [3.8, 4) is 0 Å². The molecule has 0 saturated carbocycles. The van der Waals surface area contributed by atoms with Crippen LogP contribution < -0.4 is 5.32 Å². The van der Waals surface area contributed by atoms with Crippen LogP contribution in [0.15, 0.2) is 4.52 Å². The van der Waals surface area contributed by atoms with Gasteiger partial charge >= 0.3 is 0 Å². The molecule has 0 aliphatic carbocycles. The van der Waals surface area contributed by atoms with E-state index in [1.807, 2.05) is 6.92 Å². The molecule has 1 fully saturated rings. The molecule has 2 heterocycles. The molecule has 0 unspecified atom stereocenters. The first kappa shape index (κ1) is 9.65. The average molecular weight is 195 g/mol. The van der Waals surface area contributed by atoms with Gasteiger partial charge in [0.1, 0.15) is 0 Å². The van der Waals surface area contributed by atoms with Gasteiger partial charge in [-0.1, -0.05) is 12.1 Å². The first-order valence-electron chi connectivity index (χ1n) is 5.28. The van der Waals surface area contributed by atoms with Crippen molar-refractivity contribution in [3.05, 3.63) is 11.7 Å². The molecule has 0 amide bonds. The quantitative estimate of drug-likeness (QED) is 0.775. The van der Waals surface area contributed by atoms with E-state index in [4.69, 9.17) is 4.52 Å². The predicted molar refractivity (Wildman–Crippen MR) is 53.1 cm³/mol. The number of rotatable bonds is 2. The van der Waals surface area contributed by atoms with E-state index in [9.17, 15) is 0 Å². The van der Waals surface area contributed by atoms with Crippen LogP contribution in [0.4, 0.5) is 0 Å². The highest BCUT2D eigenvalue weighted by Gasteiger charge is 2.37. The van der Waals surface area contributed by atoms with E-state index in [2.05, 4.69) is 22.4 Å². The lowest BCUT2D eigenvalue weighted by atomic mass is 9.76. The smallest absolute Gasteiger partial charge is 0.232 e. The molecule has 2 rings (SSSR count). The van der Waals surface area contributed by atoms with Gasteiger partial charge in [0.05, 0.1) is 5.41 Å². The summed E-state index contributed by atoms with van der Waals surface area (Å²) in [6.07, 6.45) is 3.28. The summed E-state index contributed by atoms with van der Waals surface area (Å²) in [5, 5.41) is 7.24. The lowest BCUT2D eigenvalue weighted by molar-refractivity contribution is 0.216. The Balaban J connectivity index is 2.26. The van der Waals surface area contributed by atoms with Gasteiger partial charge in [-0.25, -0.2) is 0 Å². The standard InChI is InChI=1S/C10H17N3O/c1-3-10(4-6-11-7-5-10)9-12-8(2)13-14-9/h11H,3-7H2,1-2H3. The highest BCUT2D eigenvalue weighted by Crippen LogP contribution is 2.35. The van der Waals surface area contributed by atoms with Crippen LogP contribution in [0, 0.1) is 6.92 Å². The molecule has 0 aromatic carbocycles. The van der Waals surface area contributed by atoms with Crippen LogP contribution in [0.3, 0.4) is 0 Å². The van der Waals surface area contributed by atoms with Gasteiger partial charge in [-0.05, 0) is 39.3 Å². The van der Waals surface area contributed by atoms with Crippen molar-refractivity contribution in [3.63, 3.8) is 0 Å². The Labute approximate surface area is 84.1 Å². The van der Waals surface area contributed by atoms with Gasteiger partial charge in [0.2, 0.25) is 5.89 Å². The van der Waals surface area contributed by atoms with Crippen molar-refractivity contribution in [2.75, 3.05) is 13.1 Å². The summed E-state index contributed by atoms with van der Waals surface area (Å²) in [6, 6.07) is 0. The zero-order valence-corrected chi connectivity index (χ0v) is 8.84. The topological polar surface area (TPSA) is 51.0 Å². The van der Waals surface area contributed by atoms with E-state index in [1.54, 1.807) is 0 Å². The Morgan fingerprint density at radius 1 is 1.43 bits per heavy atom. The molecule has 1 N–H and O–H groups in total. The summed E-state index contributed by atoms with van der Waals surface area (Å²) in [4.78, 5) is 4.37. The largest absolute Gasteiger partial charge is 0.339 e. The molecule has 1 aromatic heterocycles. The second-order valence-corrected chi connectivity index (χ2v) is 4.03. The number of nitrogens with zero attached hydrogens (tertiary/aromatic N) is 2. The lowest BCUT2D eigenvalue weighted by Crippen LogP contribution is -2.39. The van der Waals surface area contributed by atoms with Crippen LogP contribution in [0.1, 0.15) is 37.9 Å². The van der Waals surface area contributed by atoms with Crippen LogP contribution >= 0.6 is 0 Å². The van der Waals surface area contributed by atoms with Crippen LogP contribution in [-0.4, -0.2) is 23.2 Å². The SMILES string of the molecule is CCC1(c2nc(C)no2)CCNCC1. The number of piperidine rings is 1. The average Bonchev–Trinajstić information content (AvgIpc) is 2.66. The molecule has 0 spiro atoms. The molecular weight excluding hydrogens is 178 g/mol. The second-order valence-electron chi connectivity index (χ2n) is 4.03. The van der Waals surface area contributed by atoms with E-state index >= 15 is 0 Å². The highest BCUT2D eigenvalue weighted by atomic mass is 16.5.